The lowest BCUT2D eigenvalue weighted by Gasteiger charge is -2.26. The Balaban J connectivity index is 1.83. The van der Waals surface area contributed by atoms with Crippen LogP contribution in [0, 0.1) is 19.7 Å². The van der Waals surface area contributed by atoms with Gasteiger partial charge in [-0.25, -0.2) is 4.39 Å². The third kappa shape index (κ3) is 4.72. The van der Waals surface area contributed by atoms with Gasteiger partial charge in [0.05, 0.1) is 18.4 Å². The second kappa shape index (κ2) is 9.51. The first-order valence-electron chi connectivity index (χ1n) is 9.77. The molecule has 0 spiro atoms. The topological polar surface area (TPSA) is 108 Å². The van der Waals surface area contributed by atoms with Crippen molar-refractivity contribution >= 4 is 11.8 Å². The molecule has 1 atom stereocenters. The van der Waals surface area contributed by atoms with Crippen molar-refractivity contribution in [1.29, 1.82) is 0 Å². The van der Waals surface area contributed by atoms with E-state index in [1.54, 1.807) is 19.1 Å². The molecular weight excluding hydrogens is 417 g/mol. The third-order valence-corrected chi connectivity index (χ3v) is 5.11. The predicted molar refractivity (Wildman–Crippen MR) is 114 cm³/mol. The third-order valence-electron chi connectivity index (χ3n) is 5.11. The fourth-order valence-electron chi connectivity index (χ4n) is 3.35. The number of primary amides is 1. The molecule has 1 unspecified atom stereocenters. The van der Waals surface area contributed by atoms with Gasteiger partial charge in [0.15, 0.2) is 11.5 Å². The molecule has 0 aliphatic rings. The normalized spacial score (nSPS) is 11.7. The van der Waals surface area contributed by atoms with Crippen molar-refractivity contribution in [2.75, 3.05) is 14.2 Å². The van der Waals surface area contributed by atoms with Crippen LogP contribution in [-0.2, 0) is 11.4 Å². The van der Waals surface area contributed by atoms with Gasteiger partial charge in [-0.15, -0.1) is 0 Å². The fraction of sp³-hybridized carbons (Fsp3) is 0.261. The van der Waals surface area contributed by atoms with Crippen molar-refractivity contribution in [1.82, 2.24) is 10.1 Å². The molecule has 168 valence electrons. The summed E-state index contributed by atoms with van der Waals surface area (Å²) in [4.78, 5) is 26.3. The van der Waals surface area contributed by atoms with Gasteiger partial charge in [-0.3, -0.25) is 9.59 Å². The molecule has 1 aromatic heterocycles. The minimum absolute atomic E-state index is 0.216. The summed E-state index contributed by atoms with van der Waals surface area (Å²) in [5, 5.41) is 3.89. The first kappa shape index (κ1) is 22.8. The molecule has 0 saturated carbocycles. The van der Waals surface area contributed by atoms with E-state index in [4.69, 9.17) is 19.7 Å². The molecule has 9 heteroatoms. The van der Waals surface area contributed by atoms with E-state index >= 15 is 0 Å². The van der Waals surface area contributed by atoms with Crippen molar-refractivity contribution in [2.45, 2.75) is 26.5 Å². The number of likely N-dealkylation sites (N-methyl/N-ethyl adjacent to an activating group) is 1. The number of rotatable bonds is 8. The highest BCUT2D eigenvalue weighted by Gasteiger charge is 2.28. The minimum Gasteiger partial charge on any atom is -0.493 e. The van der Waals surface area contributed by atoms with Gasteiger partial charge in [0.1, 0.15) is 24.2 Å². The highest BCUT2D eigenvalue weighted by molar-refractivity contribution is 5.98. The second-order valence-electron chi connectivity index (χ2n) is 7.23. The van der Waals surface area contributed by atoms with Crippen LogP contribution in [0.2, 0.25) is 0 Å². The summed E-state index contributed by atoms with van der Waals surface area (Å²) in [5.41, 5.74) is 7.59. The largest absolute Gasteiger partial charge is 0.493 e. The zero-order valence-corrected chi connectivity index (χ0v) is 18.2. The van der Waals surface area contributed by atoms with Crippen LogP contribution in [0.1, 0.15) is 39.0 Å². The quantitative estimate of drug-likeness (QED) is 0.575. The van der Waals surface area contributed by atoms with Crippen LogP contribution >= 0.6 is 0 Å². The van der Waals surface area contributed by atoms with Gasteiger partial charge < -0.3 is 24.6 Å². The second-order valence-corrected chi connectivity index (χ2v) is 7.23. The van der Waals surface area contributed by atoms with E-state index in [9.17, 15) is 14.0 Å². The van der Waals surface area contributed by atoms with Gasteiger partial charge in [0, 0.05) is 12.6 Å². The number of nitrogens with zero attached hydrogens (tertiary/aromatic N) is 2. The molecule has 0 saturated heterocycles. The van der Waals surface area contributed by atoms with Gasteiger partial charge >= 0.3 is 0 Å². The molecule has 3 rings (SSSR count). The number of carbonyl (C=O) groups excluding carboxylic acids is 2. The average Bonchev–Trinajstić information content (AvgIpc) is 3.08. The molecule has 2 amide bonds. The maximum atomic E-state index is 13.7. The summed E-state index contributed by atoms with van der Waals surface area (Å²) in [6.07, 6.45) is 0. The van der Waals surface area contributed by atoms with Gasteiger partial charge in [-0.2, -0.15) is 0 Å². The van der Waals surface area contributed by atoms with Crippen LogP contribution in [0.15, 0.2) is 47.0 Å². The molecular formula is C23H24FN3O5. The Morgan fingerprint density at radius 1 is 1.19 bits per heavy atom. The van der Waals surface area contributed by atoms with Crippen LogP contribution < -0.4 is 15.2 Å². The Kier molecular flexibility index (Phi) is 6.77. The van der Waals surface area contributed by atoms with Crippen LogP contribution in [0.5, 0.6) is 11.5 Å². The lowest BCUT2D eigenvalue weighted by molar-refractivity contribution is -0.122. The number of ether oxygens (including phenoxy) is 2. The van der Waals surface area contributed by atoms with Gasteiger partial charge in [0.2, 0.25) is 5.91 Å². The van der Waals surface area contributed by atoms with Gasteiger partial charge in [0.25, 0.3) is 5.91 Å². The van der Waals surface area contributed by atoms with E-state index in [0.29, 0.717) is 17.3 Å². The first-order valence-corrected chi connectivity index (χ1v) is 9.77. The van der Waals surface area contributed by atoms with Crippen molar-refractivity contribution in [2.24, 2.45) is 5.73 Å². The summed E-state index contributed by atoms with van der Waals surface area (Å²) in [6, 6.07) is 8.92. The molecule has 0 radical (unpaired) electrons. The lowest BCUT2D eigenvalue weighted by Crippen LogP contribution is -2.39. The Hall–Kier alpha value is -3.88. The summed E-state index contributed by atoms with van der Waals surface area (Å²) in [7, 11) is 2.88. The number of aryl methyl sites for hydroxylation is 2. The number of amides is 2. The Morgan fingerprint density at radius 3 is 2.53 bits per heavy atom. The SMILES string of the molecule is COc1cc(C(=O)N(C)C(C(N)=O)c2cccc(F)c2)ccc1OCc1c(C)noc1C. The van der Waals surface area contributed by atoms with E-state index in [0.717, 1.165) is 16.2 Å². The maximum absolute atomic E-state index is 13.7. The number of hydrogen-bond acceptors (Lipinski definition) is 6. The molecule has 2 aromatic carbocycles. The van der Waals surface area contributed by atoms with E-state index in [1.807, 2.05) is 6.92 Å². The summed E-state index contributed by atoms with van der Waals surface area (Å²) < 4.78 is 30.0. The maximum Gasteiger partial charge on any atom is 0.254 e. The Morgan fingerprint density at radius 2 is 1.94 bits per heavy atom. The molecule has 0 aliphatic heterocycles. The molecule has 0 fully saturated rings. The van der Waals surface area contributed by atoms with E-state index in [1.165, 1.54) is 44.5 Å². The Bertz CT molecular complexity index is 1120. The summed E-state index contributed by atoms with van der Waals surface area (Å²) >= 11 is 0. The number of hydrogen-bond donors (Lipinski definition) is 1. The highest BCUT2D eigenvalue weighted by atomic mass is 19.1. The minimum atomic E-state index is -1.14. The van der Waals surface area contributed by atoms with Crippen molar-refractivity contribution in [3.05, 3.63) is 76.4 Å². The Labute approximate surface area is 184 Å². The molecule has 32 heavy (non-hydrogen) atoms. The van der Waals surface area contributed by atoms with E-state index in [2.05, 4.69) is 5.16 Å². The van der Waals surface area contributed by atoms with Crippen LogP contribution in [0.25, 0.3) is 0 Å². The molecule has 0 bridgehead atoms. The monoisotopic (exact) mass is 441 g/mol. The number of methoxy groups -OCH3 is 1. The zero-order chi connectivity index (χ0) is 23.4. The first-order chi connectivity index (χ1) is 15.2. The predicted octanol–water partition coefficient (Wildman–Crippen LogP) is 3.32. The average molecular weight is 441 g/mol. The highest BCUT2D eigenvalue weighted by Crippen LogP contribution is 2.31. The van der Waals surface area contributed by atoms with E-state index < -0.39 is 23.7 Å². The summed E-state index contributed by atoms with van der Waals surface area (Å²) in [5.74, 6) is -0.395. The number of benzene rings is 2. The molecule has 3 aromatic rings. The van der Waals surface area contributed by atoms with Crippen molar-refractivity contribution in [3.8, 4) is 11.5 Å². The van der Waals surface area contributed by atoms with Crippen molar-refractivity contribution in [3.63, 3.8) is 0 Å². The smallest absolute Gasteiger partial charge is 0.254 e. The fourth-order valence-corrected chi connectivity index (χ4v) is 3.35. The molecule has 1 heterocycles. The van der Waals surface area contributed by atoms with Crippen LogP contribution in [-0.4, -0.2) is 36.0 Å². The lowest BCUT2D eigenvalue weighted by atomic mass is 10.0. The molecule has 0 aliphatic carbocycles. The number of aromatic nitrogens is 1. The molecule has 2 N–H and O–H groups in total. The number of halogens is 1. The summed E-state index contributed by atoms with van der Waals surface area (Å²) in [6.45, 7) is 3.83. The van der Waals surface area contributed by atoms with E-state index in [-0.39, 0.29) is 17.7 Å². The van der Waals surface area contributed by atoms with Crippen LogP contribution in [0.3, 0.4) is 0 Å². The number of carbonyl (C=O) groups is 2. The molecule has 8 nitrogen and oxygen atoms in total. The standard InChI is InChI=1S/C23H24FN3O5/c1-13-18(14(2)32-26-13)12-31-19-9-8-16(11-20(19)30-4)23(29)27(3)21(22(25)28)15-6-5-7-17(24)10-15/h5-11,21H,12H2,1-4H3,(H2,25,28). The van der Waals surface area contributed by atoms with Gasteiger partial charge in [-0.05, 0) is 49.7 Å². The van der Waals surface area contributed by atoms with Gasteiger partial charge in [-0.1, -0.05) is 17.3 Å². The zero-order valence-electron chi connectivity index (χ0n) is 18.2. The number of nitrogens with two attached hydrogens (primary N) is 1. The van der Waals surface area contributed by atoms with Crippen LogP contribution in [0.4, 0.5) is 4.39 Å². The van der Waals surface area contributed by atoms with Crippen molar-refractivity contribution < 1.29 is 28.0 Å².